The summed E-state index contributed by atoms with van der Waals surface area (Å²) in [6, 6.07) is 10.7. The molecule has 0 spiro atoms. The van der Waals surface area contributed by atoms with Crippen molar-refractivity contribution in [3.8, 4) is 0 Å². The Hall–Kier alpha value is -3.04. The molecule has 0 unspecified atom stereocenters. The Morgan fingerprint density at radius 1 is 1.16 bits per heavy atom. The molecule has 10 heteroatoms. The van der Waals surface area contributed by atoms with Gasteiger partial charge in [-0.25, -0.2) is 9.18 Å². The van der Waals surface area contributed by atoms with E-state index in [1.807, 2.05) is 13.0 Å². The summed E-state index contributed by atoms with van der Waals surface area (Å²) in [5.74, 6) is -0.778. The molecule has 0 saturated carbocycles. The van der Waals surface area contributed by atoms with Crippen LogP contribution in [-0.4, -0.2) is 40.1 Å². The van der Waals surface area contributed by atoms with E-state index >= 15 is 0 Å². The summed E-state index contributed by atoms with van der Waals surface area (Å²) in [5.41, 5.74) is 2.09. The Morgan fingerprint density at radius 3 is 2.72 bits per heavy atom. The summed E-state index contributed by atoms with van der Waals surface area (Å²) in [5, 5.41) is 15.3. The van der Waals surface area contributed by atoms with E-state index in [0.717, 1.165) is 18.4 Å². The predicted octanol–water partition coefficient (Wildman–Crippen LogP) is 5.30. The third-order valence-electron chi connectivity index (χ3n) is 5.24. The lowest BCUT2D eigenvalue weighted by Gasteiger charge is -2.31. The fourth-order valence-corrected chi connectivity index (χ4v) is 4.53. The lowest BCUT2D eigenvalue weighted by atomic mass is 9.99. The molecule has 1 saturated heterocycles. The van der Waals surface area contributed by atoms with Gasteiger partial charge in [0.2, 0.25) is 5.01 Å². The highest BCUT2D eigenvalue weighted by atomic mass is 35.5. The molecule has 2 aromatic carbocycles. The summed E-state index contributed by atoms with van der Waals surface area (Å²) in [7, 11) is 0. The number of rotatable bonds is 4. The second-order valence-electron chi connectivity index (χ2n) is 7.58. The summed E-state index contributed by atoms with van der Waals surface area (Å²) in [6.45, 7) is 3.03. The molecular formula is C22H21ClFN5O2S. The summed E-state index contributed by atoms with van der Waals surface area (Å²) < 4.78 is 13.0. The maximum atomic E-state index is 13.0. The largest absolute Gasteiger partial charge is 0.324 e. The number of nitrogens with one attached hydrogen (secondary N) is 2. The molecule has 0 radical (unpaired) electrons. The quantitative estimate of drug-likeness (QED) is 0.538. The van der Waals surface area contributed by atoms with E-state index in [2.05, 4.69) is 20.8 Å². The van der Waals surface area contributed by atoms with Gasteiger partial charge >= 0.3 is 6.03 Å². The first-order chi connectivity index (χ1) is 15.4. The lowest BCUT2D eigenvalue weighted by molar-refractivity contribution is 0.102. The first-order valence-corrected chi connectivity index (χ1v) is 11.3. The Bertz CT molecular complexity index is 1140. The fraction of sp³-hybridized carbons (Fsp3) is 0.273. The number of aryl methyl sites for hydroxylation is 1. The maximum Gasteiger partial charge on any atom is 0.321 e. The van der Waals surface area contributed by atoms with Crippen molar-refractivity contribution in [3.63, 3.8) is 0 Å². The van der Waals surface area contributed by atoms with E-state index in [1.165, 1.54) is 35.6 Å². The number of hydrogen-bond acceptors (Lipinski definition) is 5. The molecule has 2 N–H and O–H groups in total. The van der Waals surface area contributed by atoms with Gasteiger partial charge in [0.25, 0.3) is 5.91 Å². The second-order valence-corrected chi connectivity index (χ2v) is 9.03. The number of anilines is 2. The van der Waals surface area contributed by atoms with Gasteiger partial charge in [-0.2, -0.15) is 0 Å². The molecule has 1 atom stereocenters. The third kappa shape index (κ3) is 5.23. The SMILES string of the molecule is Cc1ccc(Cl)cc1NC(=O)N1CCC[C@H](c2nnc(C(=O)Nc3ccc(F)cc3)s2)C1. The van der Waals surface area contributed by atoms with Crippen molar-refractivity contribution in [2.45, 2.75) is 25.7 Å². The van der Waals surface area contributed by atoms with Crippen LogP contribution in [0.25, 0.3) is 0 Å². The number of amides is 3. The van der Waals surface area contributed by atoms with Crippen molar-refractivity contribution in [3.05, 3.63) is 68.9 Å². The highest BCUT2D eigenvalue weighted by molar-refractivity contribution is 7.13. The van der Waals surface area contributed by atoms with Gasteiger partial charge in [-0.15, -0.1) is 10.2 Å². The van der Waals surface area contributed by atoms with Crippen LogP contribution in [-0.2, 0) is 0 Å². The van der Waals surface area contributed by atoms with Gasteiger partial charge in [0.05, 0.1) is 0 Å². The first kappa shape index (κ1) is 22.2. The Balaban J connectivity index is 1.39. The Labute approximate surface area is 193 Å². The minimum Gasteiger partial charge on any atom is -0.324 e. The number of carbonyl (C=O) groups excluding carboxylic acids is 2. The number of benzene rings is 2. The van der Waals surface area contributed by atoms with E-state index in [0.29, 0.717) is 34.5 Å². The number of halogens is 2. The minimum atomic E-state index is -0.401. The molecule has 7 nitrogen and oxygen atoms in total. The molecule has 2 heterocycles. The second kappa shape index (κ2) is 9.62. The highest BCUT2D eigenvalue weighted by Crippen LogP contribution is 2.30. The monoisotopic (exact) mass is 473 g/mol. The van der Waals surface area contributed by atoms with Crippen LogP contribution in [0.4, 0.5) is 20.6 Å². The Kier molecular flexibility index (Phi) is 6.66. The van der Waals surface area contributed by atoms with E-state index in [9.17, 15) is 14.0 Å². The Morgan fingerprint density at radius 2 is 1.94 bits per heavy atom. The molecule has 3 amide bonds. The zero-order valence-corrected chi connectivity index (χ0v) is 18.8. The van der Waals surface area contributed by atoms with Gasteiger partial charge < -0.3 is 15.5 Å². The van der Waals surface area contributed by atoms with Crippen LogP contribution in [0.3, 0.4) is 0 Å². The number of nitrogens with zero attached hydrogens (tertiary/aromatic N) is 3. The van der Waals surface area contributed by atoms with Gasteiger partial charge in [-0.3, -0.25) is 4.79 Å². The van der Waals surface area contributed by atoms with E-state index in [4.69, 9.17) is 11.6 Å². The van der Waals surface area contributed by atoms with Crippen LogP contribution in [0, 0.1) is 12.7 Å². The van der Waals surface area contributed by atoms with Gasteiger partial charge in [-0.05, 0) is 61.7 Å². The fourth-order valence-electron chi connectivity index (χ4n) is 3.50. The number of hydrogen-bond donors (Lipinski definition) is 2. The molecule has 3 aromatic rings. The van der Waals surface area contributed by atoms with Gasteiger partial charge in [0.15, 0.2) is 0 Å². The van der Waals surface area contributed by atoms with Crippen LogP contribution in [0.5, 0.6) is 0 Å². The number of urea groups is 1. The van der Waals surface area contributed by atoms with Crippen molar-refractivity contribution < 1.29 is 14.0 Å². The summed E-state index contributed by atoms with van der Waals surface area (Å²) in [4.78, 5) is 27.0. The lowest BCUT2D eigenvalue weighted by Crippen LogP contribution is -2.41. The molecule has 0 bridgehead atoms. The number of piperidine rings is 1. The molecule has 1 aliphatic heterocycles. The summed E-state index contributed by atoms with van der Waals surface area (Å²) in [6.07, 6.45) is 1.68. The van der Waals surface area contributed by atoms with Crippen LogP contribution in [0.15, 0.2) is 42.5 Å². The predicted molar refractivity (Wildman–Crippen MR) is 123 cm³/mol. The van der Waals surface area contributed by atoms with Crippen LogP contribution >= 0.6 is 22.9 Å². The van der Waals surface area contributed by atoms with Crippen molar-refractivity contribution in [2.24, 2.45) is 0 Å². The molecule has 0 aliphatic carbocycles. The van der Waals surface area contributed by atoms with Crippen molar-refractivity contribution in [2.75, 3.05) is 23.7 Å². The number of aromatic nitrogens is 2. The van der Waals surface area contributed by atoms with Gasteiger partial charge in [-0.1, -0.05) is 29.0 Å². The number of likely N-dealkylation sites (tertiary alicyclic amines) is 1. The molecular weight excluding hydrogens is 453 g/mol. The zero-order valence-electron chi connectivity index (χ0n) is 17.3. The third-order valence-corrected chi connectivity index (χ3v) is 6.56. The van der Waals surface area contributed by atoms with Crippen molar-refractivity contribution in [1.82, 2.24) is 15.1 Å². The highest BCUT2D eigenvalue weighted by Gasteiger charge is 2.28. The number of carbonyl (C=O) groups is 2. The van der Waals surface area contributed by atoms with Crippen LogP contribution in [0.1, 0.15) is 39.1 Å². The zero-order chi connectivity index (χ0) is 22.7. The first-order valence-electron chi connectivity index (χ1n) is 10.1. The van der Waals surface area contributed by atoms with Gasteiger partial charge in [0.1, 0.15) is 10.8 Å². The smallest absolute Gasteiger partial charge is 0.321 e. The van der Waals surface area contributed by atoms with E-state index < -0.39 is 5.91 Å². The molecule has 1 aromatic heterocycles. The minimum absolute atomic E-state index is 0.000158. The van der Waals surface area contributed by atoms with Gasteiger partial charge in [0, 0.05) is 35.4 Å². The molecule has 1 aliphatic rings. The van der Waals surface area contributed by atoms with E-state index in [1.54, 1.807) is 17.0 Å². The average molecular weight is 474 g/mol. The summed E-state index contributed by atoms with van der Waals surface area (Å²) >= 11 is 7.25. The van der Waals surface area contributed by atoms with Crippen LogP contribution < -0.4 is 10.6 Å². The average Bonchev–Trinajstić information content (AvgIpc) is 3.28. The van der Waals surface area contributed by atoms with Crippen molar-refractivity contribution in [1.29, 1.82) is 0 Å². The molecule has 1 fully saturated rings. The normalized spacial score (nSPS) is 16.0. The maximum absolute atomic E-state index is 13.0. The molecule has 166 valence electrons. The standard InChI is InChI=1S/C22H21ClFN5O2S/c1-13-4-5-15(23)11-18(13)26-22(31)29-10-2-3-14(12-29)20-27-28-21(32-20)19(30)25-17-8-6-16(24)7-9-17/h4-9,11,14H,2-3,10,12H2,1H3,(H,25,30)(H,26,31)/t14-/m0/s1. The van der Waals surface area contributed by atoms with Crippen LogP contribution in [0.2, 0.25) is 5.02 Å². The van der Waals surface area contributed by atoms with E-state index in [-0.39, 0.29) is 22.8 Å². The van der Waals surface area contributed by atoms with Crippen molar-refractivity contribution >= 4 is 46.3 Å². The topological polar surface area (TPSA) is 87.2 Å². The molecule has 32 heavy (non-hydrogen) atoms. The molecule has 4 rings (SSSR count).